The van der Waals surface area contributed by atoms with Crippen LogP contribution in [0, 0.1) is 5.82 Å². The Morgan fingerprint density at radius 3 is 2.59 bits per heavy atom. The molecule has 0 aromatic heterocycles. The van der Waals surface area contributed by atoms with Crippen LogP contribution in [0.1, 0.15) is 18.1 Å². The predicted octanol–water partition coefficient (Wildman–Crippen LogP) is 3.74. The fourth-order valence-corrected chi connectivity index (χ4v) is 2.13. The third-order valence-corrected chi connectivity index (χ3v) is 3.33. The zero-order chi connectivity index (χ0) is 15.9. The second kappa shape index (κ2) is 7.80. The van der Waals surface area contributed by atoms with Crippen molar-refractivity contribution in [2.75, 3.05) is 6.61 Å². The molecule has 0 bridgehead atoms. The Bertz CT molecular complexity index is 644. The molecule has 0 aliphatic carbocycles. The summed E-state index contributed by atoms with van der Waals surface area (Å²) in [5.41, 5.74) is 1.28. The van der Waals surface area contributed by atoms with Gasteiger partial charge in [0.15, 0.2) is 0 Å². The summed E-state index contributed by atoms with van der Waals surface area (Å²) in [5.74, 6) is 0.0830. The van der Waals surface area contributed by atoms with Crippen molar-refractivity contribution < 1.29 is 13.9 Å². The highest BCUT2D eigenvalue weighted by atomic mass is 35.5. The van der Waals surface area contributed by atoms with E-state index < -0.39 is 5.82 Å². The molecule has 5 heteroatoms. The molecule has 116 valence electrons. The van der Waals surface area contributed by atoms with Crippen molar-refractivity contribution in [3.8, 4) is 5.75 Å². The summed E-state index contributed by atoms with van der Waals surface area (Å²) in [5, 5.41) is 3.08. The van der Waals surface area contributed by atoms with Gasteiger partial charge in [-0.2, -0.15) is 0 Å². The maximum absolute atomic E-state index is 13.6. The number of carbonyl (C=O) groups excluding carboxylic acids is 1. The van der Waals surface area contributed by atoms with E-state index in [2.05, 4.69) is 5.32 Å². The van der Waals surface area contributed by atoms with Crippen LogP contribution < -0.4 is 10.1 Å². The lowest BCUT2D eigenvalue weighted by Gasteiger charge is -2.08. The molecule has 0 fully saturated rings. The first-order valence-electron chi connectivity index (χ1n) is 7.01. The van der Waals surface area contributed by atoms with Gasteiger partial charge in [-0.3, -0.25) is 4.79 Å². The van der Waals surface area contributed by atoms with Crippen LogP contribution in [0.3, 0.4) is 0 Å². The van der Waals surface area contributed by atoms with E-state index in [0.29, 0.717) is 23.7 Å². The van der Waals surface area contributed by atoms with Crippen LogP contribution in [0.25, 0.3) is 0 Å². The average molecular weight is 322 g/mol. The number of benzene rings is 2. The van der Waals surface area contributed by atoms with Crippen molar-refractivity contribution in [1.82, 2.24) is 5.32 Å². The molecule has 22 heavy (non-hydrogen) atoms. The third-order valence-electron chi connectivity index (χ3n) is 3.09. The lowest BCUT2D eigenvalue weighted by atomic mass is 10.1. The highest BCUT2D eigenvalue weighted by Crippen LogP contribution is 2.15. The molecule has 2 aromatic carbocycles. The summed E-state index contributed by atoms with van der Waals surface area (Å²) in [6, 6.07) is 11.8. The third kappa shape index (κ3) is 4.74. The van der Waals surface area contributed by atoms with E-state index in [9.17, 15) is 9.18 Å². The first-order valence-corrected chi connectivity index (χ1v) is 7.38. The average Bonchev–Trinajstić information content (AvgIpc) is 2.50. The normalized spacial score (nSPS) is 10.3. The summed E-state index contributed by atoms with van der Waals surface area (Å²) < 4.78 is 19.0. The molecule has 0 heterocycles. The van der Waals surface area contributed by atoms with Crippen molar-refractivity contribution >= 4 is 17.5 Å². The molecule has 0 aliphatic rings. The molecule has 0 spiro atoms. The number of ether oxygens (including phenoxy) is 1. The van der Waals surface area contributed by atoms with Gasteiger partial charge in [0.05, 0.1) is 13.0 Å². The van der Waals surface area contributed by atoms with Gasteiger partial charge in [0.2, 0.25) is 5.91 Å². The monoisotopic (exact) mass is 321 g/mol. The van der Waals surface area contributed by atoms with Crippen LogP contribution in [0.15, 0.2) is 42.5 Å². The number of halogens is 2. The number of carbonyl (C=O) groups is 1. The summed E-state index contributed by atoms with van der Waals surface area (Å²) in [6.07, 6.45) is -0.0139. The molecule has 2 aromatic rings. The Morgan fingerprint density at radius 1 is 1.23 bits per heavy atom. The largest absolute Gasteiger partial charge is 0.494 e. The maximum Gasteiger partial charge on any atom is 0.224 e. The Labute approximate surface area is 134 Å². The lowest BCUT2D eigenvalue weighted by molar-refractivity contribution is -0.120. The van der Waals surface area contributed by atoms with Gasteiger partial charge in [0.25, 0.3) is 0 Å². The number of nitrogens with one attached hydrogen (secondary N) is 1. The van der Waals surface area contributed by atoms with Crippen molar-refractivity contribution in [2.45, 2.75) is 19.9 Å². The van der Waals surface area contributed by atoms with E-state index in [1.54, 1.807) is 6.07 Å². The minimum atomic E-state index is -0.469. The zero-order valence-corrected chi connectivity index (χ0v) is 13.0. The van der Waals surface area contributed by atoms with Crippen molar-refractivity contribution in [3.05, 3.63) is 64.4 Å². The van der Waals surface area contributed by atoms with E-state index in [-0.39, 0.29) is 12.3 Å². The van der Waals surface area contributed by atoms with Gasteiger partial charge in [-0.25, -0.2) is 4.39 Å². The lowest BCUT2D eigenvalue weighted by Crippen LogP contribution is -2.24. The van der Waals surface area contributed by atoms with Gasteiger partial charge in [-0.05, 0) is 42.3 Å². The van der Waals surface area contributed by atoms with Crippen molar-refractivity contribution in [1.29, 1.82) is 0 Å². The van der Waals surface area contributed by atoms with Crippen molar-refractivity contribution in [2.24, 2.45) is 0 Å². The summed E-state index contributed by atoms with van der Waals surface area (Å²) >= 11 is 5.68. The standard InChI is InChI=1S/C17H17ClFNO2/c1-2-22-15-7-3-12(4-8-15)11-20-17(21)9-13-5-6-14(18)10-16(13)19/h3-8,10H,2,9,11H2,1H3,(H,20,21). The Kier molecular flexibility index (Phi) is 5.78. The zero-order valence-electron chi connectivity index (χ0n) is 12.2. The van der Waals surface area contributed by atoms with Gasteiger partial charge < -0.3 is 10.1 Å². The molecule has 3 nitrogen and oxygen atoms in total. The predicted molar refractivity (Wildman–Crippen MR) is 84.6 cm³/mol. The van der Waals surface area contributed by atoms with Gasteiger partial charge in [-0.15, -0.1) is 0 Å². The first-order chi connectivity index (χ1) is 10.6. The summed E-state index contributed by atoms with van der Waals surface area (Å²) in [6.45, 7) is 2.92. The van der Waals surface area contributed by atoms with Gasteiger partial charge in [0.1, 0.15) is 11.6 Å². The molecule has 1 N–H and O–H groups in total. The van der Waals surface area contributed by atoms with Crippen LogP contribution in [-0.2, 0) is 17.8 Å². The Hall–Kier alpha value is -2.07. The minimum absolute atomic E-state index is 0.0139. The SMILES string of the molecule is CCOc1ccc(CNC(=O)Cc2ccc(Cl)cc2F)cc1. The molecule has 0 saturated heterocycles. The first kappa shape index (κ1) is 16.3. The Balaban J connectivity index is 1.87. The second-order valence-corrected chi connectivity index (χ2v) is 5.20. The van der Waals surface area contributed by atoms with Crippen LogP contribution in [0.2, 0.25) is 5.02 Å². The molecule has 0 radical (unpaired) electrons. The number of amides is 1. The highest BCUT2D eigenvalue weighted by Gasteiger charge is 2.08. The van der Waals surface area contributed by atoms with Gasteiger partial charge in [-0.1, -0.05) is 29.8 Å². The minimum Gasteiger partial charge on any atom is -0.494 e. The fourth-order valence-electron chi connectivity index (χ4n) is 1.97. The molecule has 0 saturated carbocycles. The van der Waals surface area contributed by atoms with Gasteiger partial charge in [0, 0.05) is 11.6 Å². The molecular weight excluding hydrogens is 305 g/mol. The Morgan fingerprint density at radius 2 is 1.95 bits per heavy atom. The van der Waals surface area contributed by atoms with Crippen LogP contribution in [0.5, 0.6) is 5.75 Å². The van der Waals surface area contributed by atoms with Crippen molar-refractivity contribution in [3.63, 3.8) is 0 Å². The van der Waals surface area contributed by atoms with Crippen LogP contribution in [0.4, 0.5) is 4.39 Å². The van der Waals surface area contributed by atoms with E-state index in [4.69, 9.17) is 16.3 Å². The van der Waals surface area contributed by atoms with Crippen LogP contribution >= 0.6 is 11.6 Å². The molecule has 2 rings (SSSR count). The van der Waals surface area contributed by atoms with Gasteiger partial charge >= 0.3 is 0 Å². The summed E-state index contributed by atoms with van der Waals surface area (Å²) in [4.78, 5) is 11.9. The topological polar surface area (TPSA) is 38.3 Å². The van der Waals surface area contributed by atoms with E-state index >= 15 is 0 Å². The smallest absolute Gasteiger partial charge is 0.224 e. The van der Waals surface area contributed by atoms with E-state index in [0.717, 1.165) is 11.3 Å². The molecule has 0 aliphatic heterocycles. The second-order valence-electron chi connectivity index (χ2n) is 4.77. The number of rotatable bonds is 6. The quantitative estimate of drug-likeness (QED) is 0.880. The molecule has 0 atom stereocenters. The fraction of sp³-hybridized carbons (Fsp3) is 0.235. The highest BCUT2D eigenvalue weighted by molar-refractivity contribution is 6.30. The molecule has 1 amide bonds. The summed E-state index contributed by atoms with van der Waals surface area (Å²) in [7, 11) is 0. The number of hydrogen-bond acceptors (Lipinski definition) is 2. The maximum atomic E-state index is 13.6. The molecular formula is C17H17ClFNO2. The van der Waals surface area contributed by atoms with E-state index in [1.165, 1.54) is 12.1 Å². The molecule has 0 unspecified atom stereocenters. The van der Waals surface area contributed by atoms with E-state index in [1.807, 2.05) is 31.2 Å². The van der Waals surface area contributed by atoms with Crippen LogP contribution in [-0.4, -0.2) is 12.5 Å². The number of hydrogen-bond donors (Lipinski definition) is 1.